The zero-order chi connectivity index (χ0) is 17.1. The Kier molecular flexibility index (Phi) is 5.34. The van der Waals surface area contributed by atoms with Gasteiger partial charge >= 0.3 is 6.03 Å². The molecule has 130 valence electrons. The Bertz CT molecular complexity index is 525. The highest BCUT2D eigenvalue weighted by Gasteiger charge is 2.37. The van der Waals surface area contributed by atoms with Crippen LogP contribution in [0.15, 0.2) is 12.3 Å². The maximum atomic E-state index is 11.9. The molecule has 1 heterocycles. The summed E-state index contributed by atoms with van der Waals surface area (Å²) in [5, 5.41) is 20.3. The molecule has 0 unspecified atom stereocenters. The van der Waals surface area contributed by atoms with E-state index in [1.807, 2.05) is 13.1 Å². The molecule has 0 spiro atoms. The second-order valence-corrected chi connectivity index (χ2v) is 7.85. The van der Waals surface area contributed by atoms with Gasteiger partial charge < -0.3 is 15.7 Å². The Labute approximate surface area is 138 Å². The van der Waals surface area contributed by atoms with Gasteiger partial charge in [0.2, 0.25) is 0 Å². The molecule has 1 aliphatic rings. The standard InChI is InChI=1S/C17H30N4O2/c1-16(2,3)13-5-8-17(23,9-6-13)12-19-15(22)18-11-14-7-10-20-21(14)4/h7,10,13,23H,5-6,8-9,11-12H2,1-4H3,(H2,18,19,22). The van der Waals surface area contributed by atoms with Crippen LogP contribution in [0.25, 0.3) is 0 Å². The van der Waals surface area contributed by atoms with Crippen molar-refractivity contribution in [2.75, 3.05) is 6.54 Å². The molecule has 6 nitrogen and oxygen atoms in total. The molecule has 6 heteroatoms. The molecule has 1 saturated carbocycles. The van der Waals surface area contributed by atoms with Gasteiger partial charge in [-0.1, -0.05) is 20.8 Å². The van der Waals surface area contributed by atoms with Gasteiger partial charge in [0.05, 0.1) is 17.8 Å². The van der Waals surface area contributed by atoms with Gasteiger partial charge in [0.25, 0.3) is 0 Å². The summed E-state index contributed by atoms with van der Waals surface area (Å²) in [5.41, 5.74) is 0.450. The molecule has 2 rings (SSSR count). The van der Waals surface area contributed by atoms with Crippen molar-refractivity contribution in [1.29, 1.82) is 0 Å². The number of hydrogen-bond acceptors (Lipinski definition) is 3. The number of aliphatic hydroxyl groups is 1. The van der Waals surface area contributed by atoms with E-state index >= 15 is 0 Å². The van der Waals surface area contributed by atoms with Gasteiger partial charge in [0.15, 0.2) is 0 Å². The van der Waals surface area contributed by atoms with Crippen molar-refractivity contribution in [3.8, 4) is 0 Å². The average molecular weight is 322 g/mol. The maximum Gasteiger partial charge on any atom is 0.315 e. The minimum Gasteiger partial charge on any atom is -0.388 e. The van der Waals surface area contributed by atoms with E-state index in [1.165, 1.54) is 0 Å². The smallest absolute Gasteiger partial charge is 0.315 e. The average Bonchev–Trinajstić information content (AvgIpc) is 2.88. The van der Waals surface area contributed by atoms with E-state index in [2.05, 4.69) is 36.5 Å². The Hall–Kier alpha value is -1.56. The van der Waals surface area contributed by atoms with Gasteiger partial charge in [0.1, 0.15) is 0 Å². The van der Waals surface area contributed by atoms with E-state index in [0.717, 1.165) is 31.4 Å². The topological polar surface area (TPSA) is 79.2 Å². The Morgan fingerprint density at radius 2 is 2.04 bits per heavy atom. The zero-order valence-electron chi connectivity index (χ0n) is 14.7. The quantitative estimate of drug-likeness (QED) is 0.795. The third kappa shape index (κ3) is 4.96. The highest BCUT2D eigenvalue weighted by Crippen LogP contribution is 2.41. The summed E-state index contributed by atoms with van der Waals surface area (Å²) in [4.78, 5) is 11.9. The van der Waals surface area contributed by atoms with E-state index in [4.69, 9.17) is 0 Å². The van der Waals surface area contributed by atoms with Crippen molar-refractivity contribution >= 4 is 6.03 Å². The number of carbonyl (C=O) groups is 1. The molecule has 3 N–H and O–H groups in total. The predicted molar refractivity (Wildman–Crippen MR) is 89.8 cm³/mol. The number of aryl methyl sites for hydroxylation is 1. The Morgan fingerprint density at radius 1 is 1.39 bits per heavy atom. The van der Waals surface area contributed by atoms with Gasteiger partial charge in [-0.25, -0.2) is 4.79 Å². The first-order valence-corrected chi connectivity index (χ1v) is 8.41. The van der Waals surface area contributed by atoms with Crippen molar-refractivity contribution in [1.82, 2.24) is 20.4 Å². The fourth-order valence-corrected chi connectivity index (χ4v) is 3.25. The molecular formula is C17H30N4O2. The molecule has 0 saturated heterocycles. The number of rotatable bonds is 4. The van der Waals surface area contributed by atoms with E-state index in [0.29, 0.717) is 19.0 Å². The summed E-state index contributed by atoms with van der Waals surface area (Å²) in [6, 6.07) is 1.61. The fourth-order valence-electron chi connectivity index (χ4n) is 3.25. The second-order valence-electron chi connectivity index (χ2n) is 7.85. The fraction of sp³-hybridized carbons (Fsp3) is 0.765. The van der Waals surface area contributed by atoms with Gasteiger partial charge in [-0.05, 0) is 43.1 Å². The van der Waals surface area contributed by atoms with E-state index in [-0.39, 0.29) is 11.4 Å². The van der Waals surface area contributed by atoms with E-state index in [1.54, 1.807) is 10.9 Å². The molecular weight excluding hydrogens is 292 g/mol. The molecule has 0 radical (unpaired) electrons. The lowest BCUT2D eigenvalue weighted by atomic mass is 9.68. The largest absolute Gasteiger partial charge is 0.388 e. The van der Waals surface area contributed by atoms with E-state index in [9.17, 15) is 9.90 Å². The van der Waals surface area contributed by atoms with Crippen LogP contribution in [0, 0.1) is 11.3 Å². The SMILES string of the molecule is Cn1nccc1CNC(=O)NCC1(O)CCC(C(C)(C)C)CC1. The molecule has 1 fully saturated rings. The summed E-state index contributed by atoms with van der Waals surface area (Å²) in [7, 11) is 1.84. The molecule has 23 heavy (non-hydrogen) atoms. The van der Waals surface area contributed by atoms with Gasteiger partial charge in [0, 0.05) is 19.8 Å². The van der Waals surface area contributed by atoms with Crippen molar-refractivity contribution in [3.63, 3.8) is 0 Å². The lowest BCUT2D eigenvalue weighted by molar-refractivity contribution is -0.0218. The number of aromatic nitrogens is 2. The highest BCUT2D eigenvalue weighted by molar-refractivity contribution is 5.73. The molecule has 0 atom stereocenters. The lowest BCUT2D eigenvalue weighted by Crippen LogP contribution is -2.48. The van der Waals surface area contributed by atoms with Crippen LogP contribution in [0.4, 0.5) is 4.79 Å². The second kappa shape index (κ2) is 6.91. The predicted octanol–water partition coefficient (Wildman–Crippen LogP) is 2.19. The summed E-state index contributed by atoms with van der Waals surface area (Å²) in [5.74, 6) is 0.640. The van der Waals surface area contributed by atoms with Crippen molar-refractivity contribution < 1.29 is 9.90 Å². The summed E-state index contributed by atoms with van der Waals surface area (Å²) < 4.78 is 1.72. The van der Waals surface area contributed by atoms with Crippen LogP contribution in [0.2, 0.25) is 0 Å². The molecule has 0 aromatic carbocycles. The molecule has 1 aromatic rings. The van der Waals surface area contributed by atoms with Crippen molar-refractivity contribution in [2.45, 2.75) is 58.6 Å². The minimum absolute atomic E-state index is 0.252. The van der Waals surface area contributed by atoms with Crippen LogP contribution in [-0.2, 0) is 13.6 Å². The number of amides is 2. The van der Waals surface area contributed by atoms with Gasteiger partial charge in [-0.2, -0.15) is 5.10 Å². The summed E-state index contributed by atoms with van der Waals surface area (Å²) >= 11 is 0. The molecule has 0 aliphatic heterocycles. The number of nitrogens with zero attached hydrogens (tertiary/aromatic N) is 2. The third-order valence-electron chi connectivity index (χ3n) is 5.07. The Morgan fingerprint density at radius 3 is 2.57 bits per heavy atom. The zero-order valence-corrected chi connectivity index (χ0v) is 14.7. The molecule has 1 aromatic heterocycles. The molecule has 1 aliphatic carbocycles. The highest BCUT2D eigenvalue weighted by atomic mass is 16.3. The van der Waals surface area contributed by atoms with Crippen LogP contribution in [0.1, 0.15) is 52.1 Å². The van der Waals surface area contributed by atoms with Crippen molar-refractivity contribution in [2.24, 2.45) is 18.4 Å². The maximum absolute atomic E-state index is 11.9. The molecule has 2 amide bonds. The number of hydrogen-bond donors (Lipinski definition) is 3. The number of urea groups is 1. The summed E-state index contributed by atoms with van der Waals surface area (Å²) in [6.07, 6.45) is 5.22. The van der Waals surface area contributed by atoms with Crippen molar-refractivity contribution in [3.05, 3.63) is 18.0 Å². The van der Waals surface area contributed by atoms with Crippen LogP contribution in [-0.4, -0.2) is 33.1 Å². The first-order chi connectivity index (χ1) is 10.7. The lowest BCUT2D eigenvalue weighted by Gasteiger charge is -2.41. The monoisotopic (exact) mass is 322 g/mol. The van der Waals surface area contributed by atoms with Gasteiger partial charge in [-0.3, -0.25) is 4.68 Å². The van der Waals surface area contributed by atoms with E-state index < -0.39 is 5.60 Å². The Balaban J connectivity index is 1.73. The third-order valence-corrected chi connectivity index (χ3v) is 5.07. The van der Waals surface area contributed by atoms with Crippen LogP contribution in [0.5, 0.6) is 0 Å². The normalized spacial score (nSPS) is 25.2. The molecule has 0 bridgehead atoms. The number of carbonyl (C=O) groups excluding carboxylic acids is 1. The van der Waals surface area contributed by atoms with Crippen LogP contribution in [0.3, 0.4) is 0 Å². The van der Waals surface area contributed by atoms with Crippen LogP contribution < -0.4 is 10.6 Å². The first-order valence-electron chi connectivity index (χ1n) is 8.41. The van der Waals surface area contributed by atoms with Crippen LogP contribution >= 0.6 is 0 Å². The minimum atomic E-state index is -0.772. The summed E-state index contributed by atoms with van der Waals surface area (Å²) in [6.45, 7) is 7.50. The number of nitrogens with one attached hydrogen (secondary N) is 2. The first kappa shape index (κ1) is 17.8. The van der Waals surface area contributed by atoms with Gasteiger partial charge in [-0.15, -0.1) is 0 Å².